The second kappa shape index (κ2) is 9.13. The fraction of sp³-hybridized carbons (Fsp3) is 0.476. The quantitative estimate of drug-likeness (QED) is 0.661. The highest BCUT2D eigenvalue weighted by Gasteiger charge is 2.36. The number of aromatic nitrogens is 1. The molecule has 4 N–H and O–H groups in total. The molecule has 3 atom stereocenters. The maximum atomic E-state index is 13.0. The number of nitrogens with one attached hydrogen (secondary N) is 1. The molecule has 1 aliphatic heterocycles. The van der Waals surface area contributed by atoms with Crippen LogP contribution in [-0.4, -0.2) is 51.5 Å². The minimum Gasteiger partial charge on any atom is -0.392 e. The molecule has 1 saturated heterocycles. The Kier molecular flexibility index (Phi) is 6.79. The largest absolute Gasteiger partial charge is 0.392 e. The Labute approximate surface area is 174 Å². The second-order valence-electron chi connectivity index (χ2n) is 7.87. The number of nitrogens with two attached hydrogens (primary N) is 1. The summed E-state index contributed by atoms with van der Waals surface area (Å²) in [5.74, 6) is -0.828. The summed E-state index contributed by atoms with van der Waals surface area (Å²) in [5, 5.41) is 15.7. The van der Waals surface area contributed by atoms with E-state index in [9.17, 15) is 14.7 Å². The Balaban J connectivity index is 1.80. The Morgan fingerprint density at radius 1 is 1.34 bits per heavy atom. The summed E-state index contributed by atoms with van der Waals surface area (Å²) in [6.07, 6.45) is -0.289. The van der Waals surface area contributed by atoms with Crippen LogP contribution in [0.3, 0.4) is 0 Å². The lowest BCUT2D eigenvalue weighted by Crippen LogP contribution is -2.53. The number of hydrogen-bond donors (Lipinski definition) is 3. The van der Waals surface area contributed by atoms with Gasteiger partial charge in [-0.2, -0.15) is 0 Å². The summed E-state index contributed by atoms with van der Waals surface area (Å²) in [5.41, 5.74) is 8.87. The lowest BCUT2D eigenvalue weighted by Gasteiger charge is -2.28. The van der Waals surface area contributed by atoms with Crippen LogP contribution in [0.5, 0.6) is 0 Å². The van der Waals surface area contributed by atoms with Crippen molar-refractivity contribution in [2.75, 3.05) is 6.54 Å². The number of hydrogen-bond acceptors (Lipinski definition) is 7. The molecule has 3 rings (SSSR count). The van der Waals surface area contributed by atoms with Gasteiger partial charge in [-0.05, 0) is 24.8 Å². The molecule has 0 bridgehead atoms. The normalized spacial score (nSPS) is 20.1. The zero-order chi connectivity index (χ0) is 21.1. The van der Waals surface area contributed by atoms with Gasteiger partial charge in [0.25, 0.3) is 0 Å². The van der Waals surface area contributed by atoms with E-state index in [0.29, 0.717) is 13.0 Å². The lowest BCUT2D eigenvalue weighted by molar-refractivity contribution is -0.148. The number of rotatable bonds is 6. The van der Waals surface area contributed by atoms with E-state index in [1.165, 1.54) is 4.90 Å². The Hall–Kier alpha value is -2.13. The van der Waals surface area contributed by atoms with Crippen LogP contribution in [-0.2, 0) is 16.1 Å². The monoisotopic (exact) mass is 416 g/mol. The fourth-order valence-corrected chi connectivity index (χ4v) is 4.05. The van der Waals surface area contributed by atoms with Crippen molar-refractivity contribution in [3.63, 3.8) is 0 Å². The number of carbonyl (C=O) groups is 2. The van der Waals surface area contributed by atoms with Gasteiger partial charge in [0.15, 0.2) is 0 Å². The molecule has 2 aromatic rings. The number of nitrogens with zero attached hydrogens (tertiary/aromatic N) is 2. The molecule has 1 aromatic heterocycles. The van der Waals surface area contributed by atoms with Gasteiger partial charge in [-0.3, -0.25) is 14.5 Å². The predicted molar refractivity (Wildman–Crippen MR) is 113 cm³/mol. The van der Waals surface area contributed by atoms with Crippen LogP contribution in [0.1, 0.15) is 31.5 Å². The summed E-state index contributed by atoms with van der Waals surface area (Å²) in [4.78, 5) is 31.7. The molecule has 0 aliphatic carbocycles. The molecule has 0 radical (unpaired) electrons. The van der Waals surface area contributed by atoms with Crippen LogP contribution in [0.2, 0.25) is 0 Å². The topological polar surface area (TPSA) is 109 Å². The first-order valence-electron chi connectivity index (χ1n) is 9.80. The molecule has 1 aliphatic rings. The van der Waals surface area contributed by atoms with Gasteiger partial charge in [0, 0.05) is 23.2 Å². The van der Waals surface area contributed by atoms with E-state index >= 15 is 0 Å². The van der Waals surface area contributed by atoms with Gasteiger partial charge in [-0.15, -0.1) is 11.3 Å². The molecule has 1 aromatic carbocycles. The minimum atomic E-state index is -0.761. The van der Waals surface area contributed by atoms with Gasteiger partial charge in [-0.1, -0.05) is 38.1 Å². The van der Waals surface area contributed by atoms with Crippen LogP contribution < -0.4 is 11.1 Å². The van der Waals surface area contributed by atoms with Gasteiger partial charge < -0.3 is 16.2 Å². The standard InChI is InChI=1S/C21H28N4O3S/c1-12(2)18(22)21(28)25(20(27)17-8-16(26)9-23-17)10-14-4-6-15(7-5-14)19-24-13(3)11-29-19/h4-7,11-12,16-18,23,26H,8-10,22H2,1-3H3/t16-,17+,18+/m1/s1. The molecular weight excluding hydrogens is 388 g/mol. The number of aliphatic hydroxyl groups is 1. The van der Waals surface area contributed by atoms with Crippen molar-refractivity contribution < 1.29 is 14.7 Å². The molecular formula is C21H28N4O3S. The van der Waals surface area contributed by atoms with Crippen molar-refractivity contribution in [2.24, 2.45) is 11.7 Å². The van der Waals surface area contributed by atoms with Crippen molar-refractivity contribution in [1.82, 2.24) is 15.2 Å². The van der Waals surface area contributed by atoms with Gasteiger partial charge in [0.1, 0.15) is 5.01 Å². The summed E-state index contributed by atoms with van der Waals surface area (Å²) in [6, 6.07) is 6.35. The number of aliphatic hydroxyl groups excluding tert-OH is 1. The molecule has 2 amide bonds. The first kappa shape index (κ1) is 21.6. The number of amides is 2. The van der Waals surface area contributed by atoms with E-state index in [2.05, 4.69) is 10.3 Å². The summed E-state index contributed by atoms with van der Waals surface area (Å²) in [7, 11) is 0. The third kappa shape index (κ3) is 5.08. The molecule has 0 unspecified atom stereocenters. The second-order valence-corrected chi connectivity index (χ2v) is 8.73. The number of carbonyl (C=O) groups excluding carboxylic acids is 2. The SMILES string of the molecule is Cc1csc(-c2ccc(CN(C(=O)[C@@H]3C[C@@H](O)CN3)C(=O)[C@@H](N)C(C)C)cc2)n1. The lowest BCUT2D eigenvalue weighted by atomic mass is 10.0. The predicted octanol–water partition coefficient (Wildman–Crippen LogP) is 1.68. The average molecular weight is 417 g/mol. The molecule has 7 nitrogen and oxygen atoms in total. The van der Waals surface area contributed by atoms with Crippen molar-refractivity contribution >= 4 is 23.2 Å². The number of aryl methyl sites for hydroxylation is 1. The van der Waals surface area contributed by atoms with Crippen molar-refractivity contribution in [1.29, 1.82) is 0 Å². The fourth-order valence-electron chi connectivity index (χ4n) is 3.24. The van der Waals surface area contributed by atoms with E-state index in [1.54, 1.807) is 11.3 Å². The summed E-state index contributed by atoms with van der Waals surface area (Å²) >= 11 is 1.58. The van der Waals surface area contributed by atoms with E-state index < -0.39 is 24.1 Å². The first-order valence-corrected chi connectivity index (χ1v) is 10.7. The number of β-amino-alcohol motifs (C(OH)–C–C–N with tert-alkyl or cyclic N) is 1. The van der Waals surface area contributed by atoms with E-state index in [1.807, 2.05) is 50.4 Å². The van der Waals surface area contributed by atoms with Crippen molar-refractivity contribution in [3.8, 4) is 10.6 Å². The minimum absolute atomic E-state index is 0.0875. The number of thiazole rings is 1. The molecule has 2 heterocycles. The zero-order valence-electron chi connectivity index (χ0n) is 17.0. The smallest absolute Gasteiger partial charge is 0.246 e. The van der Waals surface area contributed by atoms with Crippen LogP contribution >= 0.6 is 11.3 Å². The Bertz CT molecular complexity index is 865. The third-order valence-electron chi connectivity index (χ3n) is 5.10. The van der Waals surface area contributed by atoms with Crippen molar-refractivity contribution in [3.05, 3.63) is 40.9 Å². The highest BCUT2D eigenvalue weighted by Crippen LogP contribution is 2.24. The highest BCUT2D eigenvalue weighted by atomic mass is 32.1. The van der Waals surface area contributed by atoms with Crippen LogP contribution in [0, 0.1) is 12.8 Å². The molecule has 156 valence electrons. The Morgan fingerprint density at radius 3 is 2.55 bits per heavy atom. The molecule has 0 spiro atoms. The maximum Gasteiger partial charge on any atom is 0.246 e. The van der Waals surface area contributed by atoms with Gasteiger partial charge in [0.05, 0.1) is 24.7 Å². The number of benzene rings is 1. The van der Waals surface area contributed by atoms with E-state index in [0.717, 1.165) is 21.8 Å². The molecule has 0 saturated carbocycles. The van der Waals surface area contributed by atoms with Gasteiger partial charge in [0.2, 0.25) is 11.8 Å². The van der Waals surface area contributed by atoms with Crippen LogP contribution in [0.15, 0.2) is 29.6 Å². The van der Waals surface area contributed by atoms with Gasteiger partial charge >= 0.3 is 0 Å². The summed E-state index contributed by atoms with van der Waals surface area (Å²) < 4.78 is 0. The molecule has 8 heteroatoms. The van der Waals surface area contributed by atoms with Crippen molar-refractivity contribution in [2.45, 2.75) is 51.9 Å². The average Bonchev–Trinajstić information content (AvgIpc) is 3.33. The highest BCUT2D eigenvalue weighted by molar-refractivity contribution is 7.13. The van der Waals surface area contributed by atoms with E-state index in [-0.39, 0.29) is 18.4 Å². The molecule has 1 fully saturated rings. The maximum absolute atomic E-state index is 13.0. The van der Waals surface area contributed by atoms with E-state index in [4.69, 9.17) is 5.73 Å². The van der Waals surface area contributed by atoms with Crippen LogP contribution in [0.4, 0.5) is 0 Å². The zero-order valence-corrected chi connectivity index (χ0v) is 17.8. The number of imide groups is 1. The summed E-state index contributed by atoms with van der Waals surface area (Å²) in [6.45, 7) is 6.15. The molecule has 29 heavy (non-hydrogen) atoms. The first-order chi connectivity index (χ1) is 13.8. The van der Waals surface area contributed by atoms with Gasteiger partial charge in [-0.25, -0.2) is 4.98 Å². The Morgan fingerprint density at radius 2 is 2.03 bits per heavy atom. The third-order valence-corrected chi connectivity index (χ3v) is 6.11. The van der Waals surface area contributed by atoms with Crippen LogP contribution in [0.25, 0.3) is 10.6 Å².